The van der Waals surface area contributed by atoms with E-state index in [0.717, 1.165) is 27.3 Å². The molecule has 2 aromatic rings. The Morgan fingerprint density at radius 2 is 1.89 bits per heavy atom. The van der Waals surface area contributed by atoms with Gasteiger partial charge in [0, 0.05) is 12.6 Å². The lowest BCUT2D eigenvalue weighted by Crippen LogP contribution is -1.96. The zero-order valence-corrected chi connectivity index (χ0v) is 12.6. The summed E-state index contributed by atoms with van der Waals surface area (Å²) in [5, 5.41) is 3.02. The van der Waals surface area contributed by atoms with Gasteiger partial charge in [-0.3, -0.25) is 0 Å². The highest BCUT2D eigenvalue weighted by molar-refractivity contribution is 9.10. The third-order valence-electron chi connectivity index (χ3n) is 2.77. The van der Waals surface area contributed by atoms with Gasteiger partial charge in [-0.05, 0) is 40.2 Å². The number of hydrogen-bond acceptors (Lipinski definition) is 4. The zero-order chi connectivity index (χ0) is 13.8. The van der Waals surface area contributed by atoms with Crippen LogP contribution >= 0.6 is 15.9 Å². The molecule has 0 aliphatic heterocycles. The van der Waals surface area contributed by atoms with Crippen molar-refractivity contribution in [1.29, 1.82) is 0 Å². The van der Waals surface area contributed by atoms with Crippen LogP contribution in [0.15, 0.2) is 34.8 Å². The first kappa shape index (κ1) is 13.7. The van der Waals surface area contributed by atoms with E-state index in [1.165, 1.54) is 0 Å². The van der Waals surface area contributed by atoms with Crippen molar-refractivity contribution in [3.63, 3.8) is 0 Å². The second kappa shape index (κ2) is 5.93. The summed E-state index contributed by atoms with van der Waals surface area (Å²) in [6, 6.07) is 9.62. The molecular weight excluding hydrogens is 308 g/mol. The van der Waals surface area contributed by atoms with Crippen LogP contribution in [0.3, 0.4) is 0 Å². The van der Waals surface area contributed by atoms with Gasteiger partial charge in [0.2, 0.25) is 0 Å². The molecule has 4 nitrogen and oxygen atoms in total. The number of aromatic nitrogens is 1. The van der Waals surface area contributed by atoms with Gasteiger partial charge in [0.25, 0.3) is 0 Å². The van der Waals surface area contributed by atoms with Gasteiger partial charge in [-0.1, -0.05) is 6.07 Å². The summed E-state index contributed by atoms with van der Waals surface area (Å²) >= 11 is 3.49. The van der Waals surface area contributed by atoms with Gasteiger partial charge in [-0.15, -0.1) is 0 Å². The number of hydrogen-bond donors (Lipinski definition) is 1. The summed E-state index contributed by atoms with van der Waals surface area (Å²) in [5.74, 6) is 2.25. The molecule has 0 saturated heterocycles. The van der Waals surface area contributed by atoms with E-state index in [9.17, 15) is 0 Å². The number of pyridine rings is 1. The highest BCUT2D eigenvalue weighted by Gasteiger charge is 2.15. The molecule has 0 unspecified atom stereocenters. The minimum Gasteiger partial charge on any atom is -0.495 e. The minimum absolute atomic E-state index is 0.708. The number of rotatable bonds is 4. The maximum Gasteiger partial charge on any atom is 0.146 e. The second-order valence-corrected chi connectivity index (χ2v) is 4.61. The first-order valence-corrected chi connectivity index (χ1v) is 6.56. The van der Waals surface area contributed by atoms with Crippen molar-refractivity contribution in [2.75, 3.05) is 26.6 Å². The quantitative estimate of drug-likeness (QED) is 0.934. The summed E-state index contributed by atoms with van der Waals surface area (Å²) < 4.78 is 11.5. The first-order valence-electron chi connectivity index (χ1n) is 5.77. The fraction of sp³-hybridized carbons (Fsp3) is 0.214. The van der Waals surface area contributed by atoms with Crippen LogP contribution in [0.4, 0.5) is 5.82 Å². The summed E-state index contributed by atoms with van der Waals surface area (Å²) in [6.45, 7) is 0. The molecule has 0 aliphatic carbocycles. The molecule has 0 aliphatic rings. The molecule has 1 aromatic heterocycles. The van der Waals surface area contributed by atoms with E-state index in [1.807, 2.05) is 37.4 Å². The molecule has 0 saturated carbocycles. The summed E-state index contributed by atoms with van der Waals surface area (Å²) in [7, 11) is 5.09. The third kappa shape index (κ3) is 2.66. The van der Waals surface area contributed by atoms with Gasteiger partial charge in [0.05, 0.1) is 19.9 Å². The van der Waals surface area contributed by atoms with Crippen LogP contribution in [0.1, 0.15) is 0 Å². The van der Waals surface area contributed by atoms with E-state index < -0.39 is 0 Å². The molecule has 0 bridgehead atoms. The third-order valence-corrected chi connectivity index (χ3v) is 3.52. The largest absolute Gasteiger partial charge is 0.495 e. The molecule has 0 spiro atoms. The Morgan fingerprint density at radius 3 is 2.53 bits per heavy atom. The van der Waals surface area contributed by atoms with Crippen LogP contribution in [-0.2, 0) is 0 Å². The fourth-order valence-corrected chi connectivity index (χ4v) is 2.49. The Kier molecular flexibility index (Phi) is 4.27. The van der Waals surface area contributed by atoms with Crippen LogP contribution in [0.5, 0.6) is 11.5 Å². The standard InChI is InChI=1S/C14H15BrN2O2/c1-16-12-6-4-5-10(17-12)9-7-8-11(18-2)13(15)14(9)19-3/h4-8H,1-3H3,(H,16,17). The number of methoxy groups -OCH3 is 2. The van der Waals surface area contributed by atoms with E-state index in [-0.39, 0.29) is 0 Å². The minimum atomic E-state index is 0.708. The van der Waals surface area contributed by atoms with Crippen molar-refractivity contribution in [2.24, 2.45) is 0 Å². The number of nitrogens with one attached hydrogen (secondary N) is 1. The van der Waals surface area contributed by atoms with E-state index in [1.54, 1.807) is 14.2 Å². The van der Waals surface area contributed by atoms with Crippen LogP contribution in [0, 0.1) is 0 Å². The Labute approximate surface area is 120 Å². The van der Waals surface area contributed by atoms with Crippen LogP contribution in [0.25, 0.3) is 11.3 Å². The zero-order valence-electron chi connectivity index (χ0n) is 11.0. The van der Waals surface area contributed by atoms with Gasteiger partial charge in [0.1, 0.15) is 21.8 Å². The number of nitrogens with zero attached hydrogens (tertiary/aromatic N) is 1. The van der Waals surface area contributed by atoms with Gasteiger partial charge < -0.3 is 14.8 Å². The maximum atomic E-state index is 5.46. The number of anilines is 1. The number of halogens is 1. The first-order chi connectivity index (χ1) is 9.21. The normalized spacial score (nSPS) is 10.1. The monoisotopic (exact) mass is 322 g/mol. The SMILES string of the molecule is CNc1cccc(-c2ccc(OC)c(Br)c2OC)n1. The van der Waals surface area contributed by atoms with Crippen molar-refractivity contribution in [3.8, 4) is 22.8 Å². The fourth-order valence-electron chi connectivity index (χ4n) is 1.82. The van der Waals surface area contributed by atoms with Crippen molar-refractivity contribution in [3.05, 3.63) is 34.8 Å². The van der Waals surface area contributed by atoms with E-state index >= 15 is 0 Å². The molecule has 100 valence electrons. The van der Waals surface area contributed by atoms with E-state index in [4.69, 9.17) is 9.47 Å². The maximum absolute atomic E-state index is 5.46. The van der Waals surface area contributed by atoms with Crippen LogP contribution in [0.2, 0.25) is 0 Å². The van der Waals surface area contributed by atoms with Gasteiger partial charge >= 0.3 is 0 Å². The summed E-state index contributed by atoms with van der Waals surface area (Å²) in [4.78, 5) is 4.51. The highest BCUT2D eigenvalue weighted by atomic mass is 79.9. The number of benzene rings is 1. The lowest BCUT2D eigenvalue weighted by Gasteiger charge is -2.13. The highest BCUT2D eigenvalue weighted by Crippen LogP contribution is 2.41. The van der Waals surface area contributed by atoms with E-state index in [0.29, 0.717) is 5.75 Å². The lowest BCUT2D eigenvalue weighted by atomic mass is 10.1. The molecular formula is C14H15BrN2O2. The average Bonchev–Trinajstić information content (AvgIpc) is 2.47. The Bertz CT molecular complexity index is 588. The van der Waals surface area contributed by atoms with Crippen molar-refractivity contribution >= 4 is 21.7 Å². The Hall–Kier alpha value is -1.75. The van der Waals surface area contributed by atoms with Crippen LogP contribution in [-0.4, -0.2) is 26.3 Å². The molecule has 0 atom stereocenters. The van der Waals surface area contributed by atoms with Crippen molar-refractivity contribution in [2.45, 2.75) is 0 Å². The van der Waals surface area contributed by atoms with Crippen molar-refractivity contribution < 1.29 is 9.47 Å². The molecule has 0 fully saturated rings. The van der Waals surface area contributed by atoms with Gasteiger partial charge in [0.15, 0.2) is 0 Å². The molecule has 19 heavy (non-hydrogen) atoms. The molecule has 1 heterocycles. The summed E-state index contributed by atoms with van der Waals surface area (Å²) in [5.41, 5.74) is 1.75. The predicted octanol–water partition coefficient (Wildman–Crippen LogP) is 3.57. The van der Waals surface area contributed by atoms with Crippen LogP contribution < -0.4 is 14.8 Å². The van der Waals surface area contributed by atoms with Crippen molar-refractivity contribution in [1.82, 2.24) is 4.98 Å². The number of ether oxygens (including phenoxy) is 2. The molecule has 2 rings (SSSR count). The molecule has 1 N–H and O–H groups in total. The molecule has 0 radical (unpaired) electrons. The Balaban J connectivity index is 2.58. The lowest BCUT2D eigenvalue weighted by molar-refractivity contribution is 0.390. The summed E-state index contributed by atoms with van der Waals surface area (Å²) in [6.07, 6.45) is 0. The predicted molar refractivity (Wildman–Crippen MR) is 80.0 cm³/mol. The molecule has 0 amide bonds. The second-order valence-electron chi connectivity index (χ2n) is 3.82. The topological polar surface area (TPSA) is 43.4 Å². The average molecular weight is 323 g/mol. The van der Waals surface area contributed by atoms with E-state index in [2.05, 4.69) is 26.2 Å². The molecule has 1 aromatic carbocycles. The Morgan fingerprint density at radius 1 is 1.11 bits per heavy atom. The van der Waals surface area contributed by atoms with Gasteiger partial charge in [-0.25, -0.2) is 4.98 Å². The van der Waals surface area contributed by atoms with Gasteiger partial charge in [-0.2, -0.15) is 0 Å². The smallest absolute Gasteiger partial charge is 0.146 e. The molecule has 5 heteroatoms.